The predicted molar refractivity (Wildman–Crippen MR) is 76.7 cm³/mol. The molecule has 1 aromatic rings. The van der Waals surface area contributed by atoms with Crippen LogP contribution in [0, 0.1) is 12.3 Å². The van der Waals surface area contributed by atoms with E-state index in [4.69, 9.17) is 4.98 Å². The van der Waals surface area contributed by atoms with Gasteiger partial charge < -0.3 is 5.32 Å². The average molecular weight is 254 g/mol. The minimum Gasteiger partial charge on any atom is -0.309 e. The highest BCUT2D eigenvalue weighted by molar-refractivity contribution is 7.11. The Morgan fingerprint density at radius 2 is 2.00 bits per heavy atom. The van der Waals surface area contributed by atoms with Crippen molar-refractivity contribution in [1.29, 1.82) is 0 Å². The van der Waals surface area contributed by atoms with E-state index in [1.54, 1.807) is 0 Å². The van der Waals surface area contributed by atoms with Gasteiger partial charge in [-0.3, -0.25) is 0 Å². The maximum atomic E-state index is 4.70. The molecule has 1 aromatic heterocycles. The summed E-state index contributed by atoms with van der Waals surface area (Å²) in [5.41, 5.74) is 1.52. The van der Waals surface area contributed by atoms with Gasteiger partial charge >= 0.3 is 0 Å². The van der Waals surface area contributed by atoms with Gasteiger partial charge in [-0.15, -0.1) is 11.3 Å². The minimum atomic E-state index is 0.321. The number of nitrogens with one attached hydrogen (secondary N) is 1. The smallest absolute Gasteiger partial charge is 0.0936 e. The fourth-order valence-electron chi connectivity index (χ4n) is 1.85. The minimum absolute atomic E-state index is 0.321. The second-order valence-corrected chi connectivity index (χ2v) is 7.09. The highest BCUT2D eigenvalue weighted by atomic mass is 32.1. The van der Waals surface area contributed by atoms with E-state index in [-0.39, 0.29) is 0 Å². The molecule has 3 heteroatoms. The Hall–Kier alpha value is -0.410. The Balaban J connectivity index is 2.74. The molecule has 1 heterocycles. The van der Waals surface area contributed by atoms with Crippen molar-refractivity contribution in [3.63, 3.8) is 0 Å². The topological polar surface area (TPSA) is 24.9 Å². The van der Waals surface area contributed by atoms with Crippen molar-refractivity contribution in [2.75, 3.05) is 6.54 Å². The molecule has 0 aromatic carbocycles. The van der Waals surface area contributed by atoms with E-state index in [1.807, 2.05) is 11.3 Å². The lowest BCUT2D eigenvalue weighted by atomic mass is 9.93. The van der Waals surface area contributed by atoms with Crippen LogP contribution in [-0.4, -0.2) is 11.5 Å². The van der Waals surface area contributed by atoms with Crippen LogP contribution >= 0.6 is 11.3 Å². The summed E-state index contributed by atoms with van der Waals surface area (Å²) < 4.78 is 0. The molecule has 98 valence electrons. The summed E-state index contributed by atoms with van der Waals surface area (Å²) >= 11 is 1.87. The van der Waals surface area contributed by atoms with Gasteiger partial charge in [0.05, 0.1) is 10.7 Å². The van der Waals surface area contributed by atoms with Gasteiger partial charge in [-0.25, -0.2) is 4.98 Å². The molecule has 1 rings (SSSR count). The molecular formula is C14H26N2S. The van der Waals surface area contributed by atoms with Crippen LogP contribution < -0.4 is 5.32 Å². The lowest BCUT2D eigenvalue weighted by Gasteiger charge is -2.15. The summed E-state index contributed by atoms with van der Waals surface area (Å²) in [6, 6.07) is 0.432. The van der Waals surface area contributed by atoms with E-state index < -0.39 is 0 Å². The van der Waals surface area contributed by atoms with Crippen LogP contribution in [0.15, 0.2) is 0 Å². The van der Waals surface area contributed by atoms with E-state index in [1.165, 1.54) is 22.0 Å². The van der Waals surface area contributed by atoms with E-state index in [2.05, 4.69) is 46.9 Å². The molecule has 0 aliphatic heterocycles. The van der Waals surface area contributed by atoms with E-state index in [0.717, 1.165) is 13.0 Å². The fourth-order valence-corrected chi connectivity index (χ4v) is 3.25. The number of aromatic nitrogens is 1. The first-order chi connectivity index (χ1) is 7.83. The normalized spacial score (nSPS) is 14.0. The van der Waals surface area contributed by atoms with Crippen molar-refractivity contribution in [2.45, 2.75) is 60.4 Å². The molecule has 1 unspecified atom stereocenters. The van der Waals surface area contributed by atoms with Crippen LogP contribution in [0.1, 0.15) is 62.7 Å². The largest absolute Gasteiger partial charge is 0.309 e. The molecular weight excluding hydrogens is 228 g/mol. The Kier molecular flexibility index (Phi) is 5.14. The van der Waals surface area contributed by atoms with Gasteiger partial charge in [0.15, 0.2) is 0 Å². The maximum absolute atomic E-state index is 4.70. The molecule has 0 amide bonds. The van der Waals surface area contributed by atoms with Crippen LogP contribution in [0.2, 0.25) is 0 Å². The standard InChI is InChI=1S/C14H26N2S/c1-7-8-15-10(2)13-11(3)16-12(17-13)9-14(4,5)6/h10,15H,7-9H2,1-6H3. The summed E-state index contributed by atoms with van der Waals surface area (Å²) in [5.74, 6) is 0. The average Bonchev–Trinajstić information content (AvgIpc) is 2.53. The maximum Gasteiger partial charge on any atom is 0.0936 e. The van der Waals surface area contributed by atoms with Crippen molar-refractivity contribution >= 4 is 11.3 Å². The zero-order chi connectivity index (χ0) is 13.1. The fraction of sp³-hybridized carbons (Fsp3) is 0.786. The van der Waals surface area contributed by atoms with Gasteiger partial charge in [-0.2, -0.15) is 0 Å². The van der Waals surface area contributed by atoms with Crippen molar-refractivity contribution in [2.24, 2.45) is 5.41 Å². The molecule has 0 saturated heterocycles. The SMILES string of the molecule is CCCNC(C)c1sc(CC(C)(C)C)nc1C. The number of aryl methyl sites for hydroxylation is 1. The van der Waals surface area contributed by atoms with Crippen LogP contribution in [0.4, 0.5) is 0 Å². The third-order valence-corrected chi connectivity index (χ3v) is 3.99. The van der Waals surface area contributed by atoms with Crippen molar-refractivity contribution in [1.82, 2.24) is 10.3 Å². The lowest BCUT2D eigenvalue weighted by Crippen LogP contribution is -2.18. The molecule has 0 fully saturated rings. The molecule has 17 heavy (non-hydrogen) atoms. The summed E-state index contributed by atoms with van der Waals surface area (Å²) in [6.07, 6.45) is 2.25. The highest BCUT2D eigenvalue weighted by Gasteiger charge is 2.18. The summed E-state index contributed by atoms with van der Waals surface area (Å²) in [5, 5.41) is 4.81. The number of rotatable bonds is 5. The second kappa shape index (κ2) is 5.96. The predicted octanol–water partition coefficient (Wildman–Crippen LogP) is 4.10. The van der Waals surface area contributed by atoms with Crippen molar-refractivity contribution in [3.8, 4) is 0 Å². The van der Waals surface area contributed by atoms with Gasteiger partial charge in [-0.1, -0.05) is 27.7 Å². The first-order valence-corrected chi connectivity index (χ1v) is 7.34. The third kappa shape index (κ3) is 4.76. The molecule has 0 spiro atoms. The monoisotopic (exact) mass is 254 g/mol. The van der Waals surface area contributed by atoms with Crippen LogP contribution in [-0.2, 0) is 6.42 Å². The molecule has 0 aliphatic rings. The van der Waals surface area contributed by atoms with Gasteiger partial charge in [0, 0.05) is 17.3 Å². The van der Waals surface area contributed by atoms with Gasteiger partial charge in [0.2, 0.25) is 0 Å². The number of nitrogens with zero attached hydrogens (tertiary/aromatic N) is 1. The van der Waals surface area contributed by atoms with Crippen LogP contribution in [0.25, 0.3) is 0 Å². The first kappa shape index (κ1) is 14.7. The summed E-state index contributed by atoms with van der Waals surface area (Å²) in [7, 11) is 0. The Morgan fingerprint density at radius 3 is 2.53 bits per heavy atom. The van der Waals surface area contributed by atoms with E-state index in [0.29, 0.717) is 11.5 Å². The van der Waals surface area contributed by atoms with Gasteiger partial charge in [-0.05, 0) is 32.2 Å². The highest BCUT2D eigenvalue weighted by Crippen LogP contribution is 2.29. The third-order valence-electron chi connectivity index (χ3n) is 2.65. The molecule has 1 N–H and O–H groups in total. The molecule has 0 saturated carbocycles. The van der Waals surface area contributed by atoms with Crippen molar-refractivity contribution < 1.29 is 0 Å². The molecule has 2 nitrogen and oxygen atoms in total. The summed E-state index contributed by atoms with van der Waals surface area (Å²) in [4.78, 5) is 6.10. The zero-order valence-corrected chi connectivity index (χ0v) is 12.9. The molecule has 0 aliphatic carbocycles. The van der Waals surface area contributed by atoms with Gasteiger partial charge in [0.1, 0.15) is 0 Å². The number of hydrogen-bond acceptors (Lipinski definition) is 3. The zero-order valence-electron chi connectivity index (χ0n) is 12.1. The molecule has 1 atom stereocenters. The van der Waals surface area contributed by atoms with E-state index in [9.17, 15) is 0 Å². The van der Waals surface area contributed by atoms with Crippen LogP contribution in [0.3, 0.4) is 0 Å². The first-order valence-electron chi connectivity index (χ1n) is 6.53. The second-order valence-electron chi connectivity index (χ2n) is 5.97. The lowest BCUT2D eigenvalue weighted by molar-refractivity contribution is 0.410. The summed E-state index contributed by atoms with van der Waals surface area (Å²) in [6.45, 7) is 14.4. The molecule has 0 radical (unpaired) electrons. The Morgan fingerprint density at radius 1 is 1.35 bits per heavy atom. The number of thiazole rings is 1. The quantitative estimate of drug-likeness (QED) is 0.855. The van der Waals surface area contributed by atoms with Crippen molar-refractivity contribution in [3.05, 3.63) is 15.6 Å². The van der Waals surface area contributed by atoms with E-state index >= 15 is 0 Å². The van der Waals surface area contributed by atoms with Crippen LogP contribution in [0.5, 0.6) is 0 Å². The molecule has 0 bridgehead atoms. The Labute approximate surface area is 110 Å². The van der Waals surface area contributed by atoms with Gasteiger partial charge in [0.25, 0.3) is 0 Å². The number of hydrogen-bond donors (Lipinski definition) is 1. The Bertz CT molecular complexity index is 350.